The predicted molar refractivity (Wildman–Crippen MR) is 45.3 cm³/mol. The Morgan fingerprint density at radius 3 is 2.92 bits per heavy atom. The summed E-state index contributed by atoms with van der Waals surface area (Å²) in [7, 11) is 0. The van der Waals surface area contributed by atoms with E-state index in [0.29, 0.717) is 11.8 Å². The molecule has 0 radical (unpaired) electrons. The van der Waals surface area contributed by atoms with Gasteiger partial charge >= 0.3 is 0 Å². The Morgan fingerprint density at radius 1 is 1.62 bits per heavy atom. The summed E-state index contributed by atoms with van der Waals surface area (Å²) < 4.78 is 4.95. The number of hydrogen-bond donors (Lipinski definition) is 0. The zero-order valence-electron chi connectivity index (χ0n) is 7.62. The fourth-order valence-corrected chi connectivity index (χ4v) is 1.39. The van der Waals surface area contributed by atoms with Crippen LogP contribution in [-0.2, 0) is 11.2 Å². The number of carbonyl (C=O) groups excluding carboxylic acids is 1. The summed E-state index contributed by atoms with van der Waals surface area (Å²) in [5.74, 6) is 1.77. The maximum Gasteiger partial charge on any atom is 0.234 e. The topological polar surface area (TPSA) is 56.0 Å². The van der Waals surface area contributed by atoms with Crippen molar-refractivity contribution >= 4 is 5.78 Å². The molecule has 0 aliphatic heterocycles. The second-order valence-electron chi connectivity index (χ2n) is 3.55. The molecule has 0 amide bonds. The normalized spacial score (nSPS) is 17.0. The lowest BCUT2D eigenvalue weighted by atomic mass is 9.85. The lowest BCUT2D eigenvalue weighted by Crippen LogP contribution is -2.10. The summed E-state index contributed by atoms with van der Waals surface area (Å²) in [6.07, 6.45) is 3.82. The van der Waals surface area contributed by atoms with Gasteiger partial charge in [0.1, 0.15) is 5.78 Å². The molecule has 1 aliphatic rings. The van der Waals surface area contributed by atoms with Gasteiger partial charge in [-0.15, -0.1) is 0 Å². The van der Waals surface area contributed by atoms with Gasteiger partial charge in [0.25, 0.3) is 0 Å². The Hall–Kier alpha value is -1.19. The van der Waals surface area contributed by atoms with Gasteiger partial charge < -0.3 is 4.52 Å². The first kappa shape index (κ1) is 8.41. The molecule has 13 heavy (non-hydrogen) atoms. The Balaban J connectivity index is 2.04. The summed E-state index contributed by atoms with van der Waals surface area (Å²) in [6, 6.07) is 0. The van der Waals surface area contributed by atoms with Crippen molar-refractivity contribution < 1.29 is 9.32 Å². The quantitative estimate of drug-likeness (QED) is 0.706. The zero-order chi connectivity index (χ0) is 9.26. The molecule has 0 atom stereocenters. The SMILES string of the molecule is CC(=O)Cc1nc(C2CCC2)no1. The van der Waals surface area contributed by atoms with Crippen LogP contribution in [0.4, 0.5) is 0 Å². The van der Waals surface area contributed by atoms with Crippen LogP contribution < -0.4 is 0 Å². The average Bonchev–Trinajstić information content (AvgIpc) is 2.31. The molecule has 1 aromatic rings. The van der Waals surface area contributed by atoms with Crippen LogP contribution in [0.2, 0.25) is 0 Å². The minimum absolute atomic E-state index is 0.0591. The van der Waals surface area contributed by atoms with E-state index in [1.807, 2.05) is 0 Å². The van der Waals surface area contributed by atoms with E-state index >= 15 is 0 Å². The molecule has 0 unspecified atom stereocenters. The van der Waals surface area contributed by atoms with Crippen LogP contribution >= 0.6 is 0 Å². The molecule has 4 nitrogen and oxygen atoms in total. The number of aromatic nitrogens is 2. The molecule has 0 aromatic carbocycles. The standard InChI is InChI=1S/C9H12N2O2/c1-6(12)5-8-10-9(11-13-8)7-3-2-4-7/h7H,2-5H2,1H3. The van der Waals surface area contributed by atoms with Crippen molar-refractivity contribution in [2.45, 2.75) is 38.5 Å². The van der Waals surface area contributed by atoms with Gasteiger partial charge in [0.15, 0.2) is 5.82 Å². The number of ketones is 1. The van der Waals surface area contributed by atoms with Gasteiger partial charge in [-0.1, -0.05) is 11.6 Å². The molecular weight excluding hydrogens is 168 g/mol. The van der Waals surface area contributed by atoms with Crippen LogP contribution in [0.5, 0.6) is 0 Å². The van der Waals surface area contributed by atoms with Gasteiger partial charge in [0.05, 0.1) is 6.42 Å². The summed E-state index contributed by atoms with van der Waals surface area (Å²) in [5, 5.41) is 3.85. The highest BCUT2D eigenvalue weighted by Crippen LogP contribution is 2.34. The Morgan fingerprint density at radius 2 is 2.38 bits per heavy atom. The molecule has 2 rings (SSSR count). The fraction of sp³-hybridized carbons (Fsp3) is 0.667. The molecule has 1 fully saturated rings. The van der Waals surface area contributed by atoms with Crippen LogP contribution in [0.1, 0.15) is 43.8 Å². The van der Waals surface area contributed by atoms with Gasteiger partial charge in [-0.3, -0.25) is 4.79 Å². The van der Waals surface area contributed by atoms with E-state index < -0.39 is 0 Å². The summed E-state index contributed by atoms with van der Waals surface area (Å²) in [5.41, 5.74) is 0. The Kier molecular flexibility index (Phi) is 2.12. The number of rotatable bonds is 3. The van der Waals surface area contributed by atoms with Crippen LogP contribution in [0.25, 0.3) is 0 Å². The maximum atomic E-state index is 10.7. The smallest absolute Gasteiger partial charge is 0.234 e. The molecular formula is C9H12N2O2. The van der Waals surface area contributed by atoms with E-state index in [0.717, 1.165) is 18.7 Å². The van der Waals surface area contributed by atoms with E-state index in [4.69, 9.17) is 4.52 Å². The van der Waals surface area contributed by atoms with E-state index in [1.165, 1.54) is 13.3 Å². The molecule has 1 aliphatic carbocycles. The van der Waals surface area contributed by atoms with Crippen molar-refractivity contribution in [3.8, 4) is 0 Å². The molecule has 70 valence electrons. The van der Waals surface area contributed by atoms with Gasteiger partial charge in [-0.2, -0.15) is 4.98 Å². The van der Waals surface area contributed by atoms with Crippen molar-refractivity contribution in [1.82, 2.24) is 10.1 Å². The number of carbonyl (C=O) groups is 1. The molecule has 0 saturated heterocycles. The van der Waals surface area contributed by atoms with Gasteiger partial charge in [0.2, 0.25) is 5.89 Å². The lowest BCUT2D eigenvalue weighted by Gasteiger charge is -2.20. The van der Waals surface area contributed by atoms with Crippen LogP contribution in [0.15, 0.2) is 4.52 Å². The molecule has 1 saturated carbocycles. The highest BCUT2D eigenvalue weighted by molar-refractivity contribution is 5.77. The molecule has 4 heteroatoms. The third kappa shape index (κ3) is 1.76. The van der Waals surface area contributed by atoms with E-state index in [1.54, 1.807) is 0 Å². The summed E-state index contributed by atoms with van der Waals surface area (Å²) in [6.45, 7) is 1.52. The zero-order valence-corrected chi connectivity index (χ0v) is 7.62. The van der Waals surface area contributed by atoms with E-state index in [-0.39, 0.29) is 12.2 Å². The minimum atomic E-state index is 0.0591. The molecule has 1 aromatic heterocycles. The first-order valence-corrected chi connectivity index (χ1v) is 4.57. The highest BCUT2D eigenvalue weighted by Gasteiger charge is 2.24. The molecule has 0 N–H and O–H groups in total. The van der Waals surface area contributed by atoms with E-state index in [2.05, 4.69) is 10.1 Å². The second-order valence-corrected chi connectivity index (χ2v) is 3.55. The Labute approximate surface area is 76.3 Å². The van der Waals surface area contributed by atoms with Crippen molar-refractivity contribution in [3.63, 3.8) is 0 Å². The van der Waals surface area contributed by atoms with Crippen molar-refractivity contribution in [3.05, 3.63) is 11.7 Å². The van der Waals surface area contributed by atoms with Crippen LogP contribution in [0, 0.1) is 0 Å². The average molecular weight is 180 g/mol. The third-order valence-corrected chi connectivity index (χ3v) is 2.35. The van der Waals surface area contributed by atoms with E-state index in [9.17, 15) is 4.79 Å². The molecule has 1 heterocycles. The van der Waals surface area contributed by atoms with Gasteiger partial charge in [-0.25, -0.2) is 0 Å². The summed E-state index contributed by atoms with van der Waals surface area (Å²) in [4.78, 5) is 14.9. The minimum Gasteiger partial charge on any atom is -0.339 e. The van der Waals surface area contributed by atoms with Gasteiger partial charge in [-0.05, 0) is 19.8 Å². The molecule has 0 spiro atoms. The van der Waals surface area contributed by atoms with Gasteiger partial charge in [0, 0.05) is 5.92 Å². The first-order chi connectivity index (χ1) is 6.25. The predicted octanol–water partition coefficient (Wildman–Crippen LogP) is 1.47. The number of hydrogen-bond acceptors (Lipinski definition) is 4. The lowest BCUT2D eigenvalue weighted by molar-refractivity contribution is -0.116. The third-order valence-electron chi connectivity index (χ3n) is 2.35. The molecule has 0 bridgehead atoms. The van der Waals surface area contributed by atoms with Crippen molar-refractivity contribution in [2.75, 3.05) is 0 Å². The highest BCUT2D eigenvalue weighted by atomic mass is 16.5. The largest absolute Gasteiger partial charge is 0.339 e. The van der Waals surface area contributed by atoms with Crippen LogP contribution in [-0.4, -0.2) is 15.9 Å². The second kappa shape index (κ2) is 3.28. The number of nitrogens with zero attached hydrogens (tertiary/aromatic N) is 2. The monoisotopic (exact) mass is 180 g/mol. The summed E-state index contributed by atoms with van der Waals surface area (Å²) >= 11 is 0. The number of Topliss-reactive ketones (excluding diaryl/α,β-unsaturated/α-hetero) is 1. The Bertz CT molecular complexity index is 315. The van der Waals surface area contributed by atoms with Crippen molar-refractivity contribution in [2.24, 2.45) is 0 Å². The fourth-order valence-electron chi connectivity index (χ4n) is 1.39. The first-order valence-electron chi connectivity index (χ1n) is 4.57. The maximum absolute atomic E-state index is 10.7. The van der Waals surface area contributed by atoms with Crippen molar-refractivity contribution in [1.29, 1.82) is 0 Å². The van der Waals surface area contributed by atoms with Crippen LogP contribution in [0.3, 0.4) is 0 Å².